The van der Waals surface area contributed by atoms with E-state index in [1.54, 1.807) is 0 Å². The minimum atomic E-state index is 0.604. The van der Waals surface area contributed by atoms with Gasteiger partial charge >= 0.3 is 0 Å². The molecule has 0 spiro atoms. The van der Waals surface area contributed by atoms with E-state index in [1.165, 1.54) is 71.3 Å². The first kappa shape index (κ1) is 31.1. The Morgan fingerprint density at radius 3 is 1.54 bits per heavy atom. The molecule has 2 unspecified atom stereocenters. The summed E-state index contributed by atoms with van der Waals surface area (Å²) in [5.41, 5.74) is 15.1. The summed E-state index contributed by atoms with van der Waals surface area (Å²) in [7, 11) is 0. The largest absolute Gasteiger partial charge is 0.311 e. The fourth-order valence-electron chi connectivity index (χ4n) is 8.70. The minimum Gasteiger partial charge on any atom is -0.311 e. The second kappa shape index (κ2) is 12.6. The van der Waals surface area contributed by atoms with Crippen molar-refractivity contribution in [3.8, 4) is 22.3 Å². The highest BCUT2D eigenvalue weighted by Crippen LogP contribution is 2.62. The molecule has 0 amide bonds. The summed E-state index contributed by atoms with van der Waals surface area (Å²) in [4.78, 5) is 4.76. The van der Waals surface area contributed by atoms with Crippen molar-refractivity contribution in [3.63, 3.8) is 0 Å². The maximum atomic E-state index is 2.48. The monoisotopic (exact) mass is 708 g/mol. The molecule has 0 N–H and O–H groups in total. The van der Waals surface area contributed by atoms with Crippen LogP contribution in [0, 0.1) is 0 Å². The fourth-order valence-corrected chi connectivity index (χ4v) is 9.84. The lowest BCUT2D eigenvalue weighted by atomic mass is 9.85. The maximum Gasteiger partial charge on any atom is 0.0476 e. The highest BCUT2D eigenvalue weighted by atomic mass is 32.1. The predicted molar refractivity (Wildman–Crippen MR) is 230 cm³/mol. The Hall–Kier alpha value is -6.42. The fraction of sp³-hybridized carbons (Fsp3) is 0.0588. The van der Waals surface area contributed by atoms with Crippen molar-refractivity contribution in [1.29, 1.82) is 0 Å². The highest BCUT2D eigenvalue weighted by Gasteiger charge is 2.45. The normalized spacial score (nSPS) is 15.3. The first-order valence-corrected chi connectivity index (χ1v) is 19.6. The molecule has 2 aliphatic rings. The second-order valence-corrected chi connectivity index (χ2v) is 15.6. The average molecular weight is 709 g/mol. The lowest BCUT2D eigenvalue weighted by molar-refractivity contribution is 1.00. The number of fused-ring (bicyclic) bond motifs is 9. The topological polar surface area (TPSA) is 6.48 Å². The van der Waals surface area contributed by atoms with Gasteiger partial charge in [-0.15, -0.1) is 11.3 Å². The van der Waals surface area contributed by atoms with Crippen molar-refractivity contribution < 1.29 is 0 Å². The third kappa shape index (κ3) is 5.23. The Balaban J connectivity index is 0.977. The van der Waals surface area contributed by atoms with E-state index in [1.807, 2.05) is 11.3 Å². The van der Waals surface area contributed by atoms with Crippen LogP contribution >= 0.6 is 11.3 Å². The molecule has 0 radical (unpaired) electrons. The third-order valence-corrected chi connectivity index (χ3v) is 12.5. The molecule has 1 heterocycles. The van der Waals surface area contributed by atoms with Gasteiger partial charge in [0.2, 0.25) is 0 Å². The van der Waals surface area contributed by atoms with Crippen LogP contribution in [0.3, 0.4) is 0 Å². The number of nitrogens with zero attached hydrogens (tertiary/aromatic N) is 2. The molecular formula is C51H36N2S. The van der Waals surface area contributed by atoms with Gasteiger partial charge in [-0.1, -0.05) is 115 Å². The molecule has 2 aliphatic carbocycles. The molecule has 1 fully saturated rings. The quantitative estimate of drug-likeness (QED) is 0.163. The number of para-hydroxylation sites is 2. The Labute approximate surface area is 319 Å². The second-order valence-electron chi connectivity index (χ2n) is 14.5. The van der Waals surface area contributed by atoms with E-state index in [0.29, 0.717) is 11.8 Å². The number of hydrogen-bond donors (Lipinski definition) is 0. The summed E-state index contributed by atoms with van der Waals surface area (Å²) in [6, 6.07) is 71.1. The standard InChI is InChI=1S/C51H36N2S/c1-3-11-36(12-4-1)52(37-13-5-2-6-14-37)38-23-19-34(20-24-38)35-21-25-39(26-22-35)53(41-28-30-46-45-17-9-10-18-50(45)54-51(46)32-41)40-27-29-44-42-15-7-8-16-43(42)48-33-49(48)47(44)31-40/h1-32,48-49H,33H2. The van der Waals surface area contributed by atoms with Crippen LogP contribution in [-0.4, -0.2) is 0 Å². The molecule has 0 bridgehead atoms. The Kier molecular flexibility index (Phi) is 7.27. The van der Waals surface area contributed by atoms with Gasteiger partial charge in [-0.2, -0.15) is 0 Å². The zero-order valence-corrected chi connectivity index (χ0v) is 30.5. The van der Waals surface area contributed by atoms with Gasteiger partial charge in [0, 0.05) is 54.3 Å². The van der Waals surface area contributed by atoms with Crippen molar-refractivity contribution in [2.45, 2.75) is 18.3 Å². The molecule has 1 saturated carbocycles. The summed E-state index contributed by atoms with van der Waals surface area (Å²) >= 11 is 1.88. The first-order chi connectivity index (χ1) is 26.8. The number of thiophene rings is 1. The number of benzene rings is 8. The first-order valence-electron chi connectivity index (χ1n) is 18.8. The molecule has 3 heteroatoms. The van der Waals surface area contributed by atoms with E-state index in [9.17, 15) is 0 Å². The summed E-state index contributed by atoms with van der Waals surface area (Å²) in [5, 5.41) is 2.65. The van der Waals surface area contributed by atoms with E-state index < -0.39 is 0 Å². The molecule has 8 aromatic carbocycles. The summed E-state index contributed by atoms with van der Waals surface area (Å²) in [6.45, 7) is 0. The van der Waals surface area contributed by atoms with Gasteiger partial charge in [-0.25, -0.2) is 0 Å². The van der Waals surface area contributed by atoms with Crippen LogP contribution < -0.4 is 9.80 Å². The van der Waals surface area contributed by atoms with Crippen molar-refractivity contribution in [3.05, 3.63) is 205 Å². The van der Waals surface area contributed by atoms with Crippen LogP contribution in [0.4, 0.5) is 34.1 Å². The van der Waals surface area contributed by atoms with Gasteiger partial charge < -0.3 is 9.80 Å². The zero-order chi connectivity index (χ0) is 35.6. The molecule has 9 aromatic rings. The van der Waals surface area contributed by atoms with E-state index in [4.69, 9.17) is 0 Å². The van der Waals surface area contributed by atoms with Gasteiger partial charge in [0.25, 0.3) is 0 Å². The molecule has 0 aliphatic heterocycles. The van der Waals surface area contributed by atoms with Gasteiger partial charge in [0.05, 0.1) is 0 Å². The van der Waals surface area contributed by atoms with Gasteiger partial charge in [-0.05, 0) is 131 Å². The van der Waals surface area contributed by atoms with Gasteiger partial charge in [-0.3, -0.25) is 0 Å². The van der Waals surface area contributed by atoms with Crippen LogP contribution in [0.2, 0.25) is 0 Å². The van der Waals surface area contributed by atoms with E-state index in [-0.39, 0.29) is 0 Å². The summed E-state index contributed by atoms with van der Waals surface area (Å²) in [6.07, 6.45) is 1.24. The van der Waals surface area contributed by atoms with Gasteiger partial charge in [0.1, 0.15) is 0 Å². The smallest absolute Gasteiger partial charge is 0.0476 e. The number of rotatable bonds is 7. The van der Waals surface area contributed by atoms with E-state index >= 15 is 0 Å². The van der Waals surface area contributed by atoms with E-state index in [2.05, 4.69) is 204 Å². The molecule has 1 aromatic heterocycles. The molecular weight excluding hydrogens is 673 g/mol. The molecule has 0 saturated heterocycles. The van der Waals surface area contributed by atoms with E-state index in [0.717, 1.165) is 22.7 Å². The lowest BCUT2D eigenvalue weighted by Crippen LogP contribution is -2.11. The van der Waals surface area contributed by atoms with Gasteiger partial charge in [0.15, 0.2) is 0 Å². The van der Waals surface area contributed by atoms with Crippen molar-refractivity contribution in [1.82, 2.24) is 0 Å². The molecule has 2 nitrogen and oxygen atoms in total. The summed E-state index contributed by atoms with van der Waals surface area (Å²) < 4.78 is 2.64. The lowest BCUT2D eigenvalue weighted by Gasteiger charge is -2.28. The number of anilines is 6. The third-order valence-electron chi connectivity index (χ3n) is 11.4. The van der Waals surface area contributed by atoms with Crippen LogP contribution in [-0.2, 0) is 0 Å². The molecule has 54 heavy (non-hydrogen) atoms. The number of hydrogen-bond acceptors (Lipinski definition) is 3. The van der Waals surface area contributed by atoms with Crippen molar-refractivity contribution >= 4 is 65.6 Å². The molecule has 2 atom stereocenters. The minimum absolute atomic E-state index is 0.604. The van der Waals surface area contributed by atoms with Crippen molar-refractivity contribution in [2.24, 2.45) is 0 Å². The van der Waals surface area contributed by atoms with Crippen molar-refractivity contribution in [2.75, 3.05) is 9.80 Å². The highest BCUT2D eigenvalue weighted by molar-refractivity contribution is 7.25. The predicted octanol–water partition coefficient (Wildman–Crippen LogP) is 14.9. The SMILES string of the molecule is c1ccc(N(c2ccccc2)c2ccc(-c3ccc(N(c4ccc5c(c4)C4CC4c4ccccc4-5)c4ccc5c(c4)sc4ccccc45)cc3)cc2)cc1. The van der Waals surface area contributed by atoms with Crippen LogP contribution in [0.1, 0.15) is 29.4 Å². The van der Waals surface area contributed by atoms with Crippen LogP contribution in [0.25, 0.3) is 42.4 Å². The Bertz CT molecular complexity index is 2760. The molecule has 11 rings (SSSR count). The Morgan fingerprint density at radius 2 is 0.833 bits per heavy atom. The summed E-state index contributed by atoms with van der Waals surface area (Å²) in [5.74, 6) is 1.25. The van der Waals surface area contributed by atoms with Crippen LogP contribution in [0.5, 0.6) is 0 Å². The Morgan fingerprint density at radius 1 is 0.352 bits per heavy atom. The van der Waals surface area contributed by atoms with Crippen LogP contribution in [0.15, 0.2) is 194 Å². The maximum absolute atomic E-state index is 2.48. The average Bonchev–Trinajstić information content (AvgIpc) is 3.97. The zero-order valence-electron chi connectivity index (χ0n) is 29.6. The molecule has 256 valence electrons.